The summed E-state index contributed by atoms with van der Waals surface area (Å²) in [5.74, 6) is 0.214. The summed E-state index contributed by atoms with van der Waals surface area (Å²) in [6.45, 7) is 1.72. The Morgan fingerprint density at radius 1 is 1.21 bits per heavy atom. The molecule has 1 aromatic carbocycles. The fraction of sp³-hybridized carbons (Fsp3) is 0.200. The first-order chi connectivity index (χ1) is 13.5. The maximum atomic E-state index is 13.1. The van der Waals surface area contributed by atoms with Crippen LogP contribution in [0.1, 0.15) is 18.2 Å². The molecule has 0 saturated heterocycles. The van der Waals surface area contributed by atoms with Crippen LogP contribution in [0.2, 0.25) is 0 Å². The highest BCUT2D eigenvalue weighted by molar-refractivity contribution is 6.01. The monoisotopic (exact) mass is 380 g/mol. The van der Waals surface area contributed by atoms with Crippen molar-refractivity contribution >= 4 is 17.4 Å². The van der Waals surface area contributed by atoms with E-state index >= 15 is 0 Å². The zero-order valence-corrected chi connectivity index (χ0v) is 15.8. The van der Waals surface area contributed by atoms with E-state index in [0.717, 1.165) is 0 Å². The van der Waals surface area contributed by atoms with Crippen LogP contribution in [-0.2, 0) is 16.0 Å². The van der Waals surface area contributed by atoms with Gasteiger partial charge in [-0.1, -0.05) is 0 Å². The normalized spacial score (nSPS) is 11.3. The number of nitrogens with zero attached hydrogens (tertiary/aromatic N) is 3. The van der Waals surface area contributed by atoms with Crippen molar-refractivity contribution in [3.63, 3.8) is 0 Å². The number of H-pyrrole nitrogens is 1. The molecule has 1 N–H and O–H groups in total. The number of hydrogen-bond donors (Lipinski definition) is 1. The highest BCUT2D eigenvalue weighted by Crippen LogP contribution is 2.17. The lowest BCUT2D eigenvalue weighted by atomic mass is 10.1. The summed E-state index contributed by atoms with van der Waals surface area (Å²) in [6.07, 6.45) is 3.16. The number of benzene rings is 1. The van der Waals surface area contributed by atoms with Crippen molar-refractivity contribution in [1.29, 1.82) is 0 Å². The number of rotatable bonds is 6. The molecule has 0 radical (unpaired) electrons. The zero-order chi connectivity index (χ0) is 20.1. The first-order valence-corrected chi connectivity index (χ1v) is 8.54. The first-order valence-electron chi connectivity index (χ1n) is 8.54. The summed E-state index contributed by atoms with van der Waals surface area (Å²) < 4.78 is 11.3. The number of hydrogen-bond acceptors (Lipinski definition) is 6. The zero-order valence-electron chi connectivity index (χ0n) is 15.8. The topological polar surface area (TPSA) is 98.6 Å². The quantitative estimate of drug-likeness (QED) is 0.523. The molecular formula is C20H20N4O4. The first kappa shape index (κ1) is 19.1. The van der Waals surface area contributed by atoms with Crippen LogP contribution < -0.4 is 10.3 Å². The number of aromatic amines is 1. The Morgan fingerprint density at radius 2 is 1.96 bits per heavy atom. The molecule has 0 fully saturated rings. The predicted octanol–water partition coefficient (Wildman–Crippen LogP) is 2.43. The van der Waals surface area contributed by atoms with Crippen molar-refractivity contribution in [2.24, 2.45) is 4.99 Å². The number of carbonyl (C=O) groups is 1. The van der Waals surface area contributed by atoms with Crippen molar-refractivity contribution in [3.8, 4) is 11.4 Å². The molecular weight excluding hydrogens is 360 g/mol. The molecule has 0 atom stereocenters. The van der Waals surface area contributed by atoms with Crippen LogP contribution in [0.3, 0.4) is 0 Å². The van der Waals surface area contributed by atoms with E-state index in [-0.39, 0.29) is 12.0 Å². The van der Waals surface area contributed by atoms with E-state index in [0.29, 0.717) is 34.1 Å². The van der Waals surface area contributed by atoms with E-state index in [1.165, 1.54) is 11.8 Å². The predicted molar refractivity (Wildman–Crippen MR) is 105 cm³/mol. The molecule has 0 amide bonds. The molecule has 8 heteroatoms. The standard InChI is InChI=1S/C20H20N4O4/c1-13(22-14-5-4-10-21-12-14)19-17(11-18(25)28-3)23-24(20(19)26)15-6-8-16(27-2)9-7-15/h4-10,12,23H,11H2,1-3H3. The summed E-state index contributed by atoms with van der Waals surface area (Å²) >= 11 is 0. The van der Waals surface area contributed by atoms with Crippen LogP contribution in [0, 0.1) is 0 Å². The molecule has 0 unspecified atom stereocenters. The van der Waals surface area contributed by atoms with Gasteiger partial charge in [-0.15, -0.1) is 0 Å². The summed E-state index contributed by atoms with van der Waals surface area (Å²) in [5, 5.41) is 3.00. The second-order valence-corrected chi connectivity index (χ2v) is 5.97. The Labute approximate surface area is 161 Å². The summed E-state index contributed by atoms with van der Waals surface area (Å²) in [6, 6.07) is 10.5. The van der Waals surface area contributed by atoms with Gasteiger partial charge in [-0.3, -0.25) is 24.7 Å². The SMILES string of the molecule is COC(=O)Cc1[nH]n(-c2ccc(OC)cc2)c(=O)c1C(C)=Nc1cccnc1. The van der Waals surface area contributed by atoms with Crippen LogP contribution in [-0.4, -0.2) is 40.7 Å². The Bertz CT molecular complexity index is 1050. The lowest BCUT2D eigenvalue weighted by Crippen LogP contribution is -2.20. The maximum absolute atomic E-state index is 13.1. The highest BCUT2D eigenvalue weighted by atomic mass is 16.5. The molecule has 0 aliphatic carbocycles. The fourth-order valence-corrected chi connectivity index (χ4v) is 2.78. The van der Waals surface area contributed by atoms with Crippen LogP contribution in [0.4, 0.5) is 5.69 Å². The van der Waals surface area contributed by atoms with Gasteiger partial charge in [0.1, 0.15) is 5.75 Å². The van der Waals surface area contributed by atoms with Crippen molar-refractivity contribution < 1.29 is 14.3 Å². The van der Waals surface area contributed by atoms with Gasteiger partial charge >= 0.3 is 5.97 Å². The number of nitrogens with one attached hydrogen (secondary N) is 1. The number of carbonyl (C=O) groups excluding carboxylic acids is 1. The number of methoxy groups -OCH3 is 2. The number of esters is 1. The second kappa shape index (κ2) is 8.34. The minimum Gasteiger partial charge on any atom is -0.497 e. The van der Waals surface area contributed by atoms with E-state index < -0.39 is 5.97 Å². The van der Waals surface area contributed by atoms with Gasteiger partial charge in [0.15, 0.2) is 0 Å². The van der Waals surface area contributed by atoms with Crippen molar-refractivity contribution in [3.05, 3.63) is 70.4 Å². The van der Waals surface area contributed by atoms with Gasteiger partial charge in [0.05, 0.1) is 55.2 Å². The molecule has 3 aromatic rings. The molecule has 0 aliphatic rings. The van der Waals surface area contributed by atoms with Crippen LogP contribution in [0.5, 0.6) is 5.75 Å². The van der Waals surface area contributed by atoms with Gasteiger partial charge in [0.25, 0.3) is 5.56 Å². The fourth-order valence-electron chi connectivity index (χ4n) is 2.78. The van der Waals surface area contributed by atoms with Gasteiger partial charge in [-0.05, 0) is 43.3 Å². The number of aromatic nitrogens is 3. The third-order valence-corrected chi connectivity index (χ3v) is 4.15. The van der Waals surface area contributed by atoms with Crippen molar-refractivity contribution in [2.45, 2.75) is 13.3 Å². The Balaban J connectivity index is 2.11. The van der Waals surface area contributed by atoms with Gasteiger partial charge in [-0.2, -0.15) is 0 Å². The molecule has 2 heterocycles. The Kier molecular flexibility index (Phi) is 5.69. The average Bonchev–Trinajstić information content (AvgIpc) is 3.04. The minimum absolute atomic E-state index is 0.0792. The number of pyridine rings is 1. The molecule has 3 rings (SSSR count). The summed E-state index contributed by atoms with van der Waals surface area (Å²) in [7, 11) is 2.87. The van der Waals surface area contributed by atoms with Gasteiger partial charge in [0, 0.05) is 6.20 Å². The van der Waals surface area contributed by atoms with Gasteiger partial charge in [0.2, 0.25) is 0 Å². The molecule has 144 valence electrons. The van der Waals surface area contributed by atoms with E-state index in [4.69, 9.17) is 9.47 Å². The van der Waals surface area contributed by atoms with Crippen molar-refractivity contribution in [2.75, 3.05) is 14.2 Å². The van der Waals surface area contributed by atoms with Gasteiger partial charge < -0.3 is 9.47 Å². The van der Waals surface area contributed by atoms with Crippen LogP contribution in [0.15, 0.2) is 58.6 Å². The summed E-state index contributed by atoms with van der Waals surface area (Å²) in [4.78, 5) is 33.4. The minimum atomic E-state index is -0.460. The lowest BCUT2D eigenvalue weighted by Gasteiger charge is -2.03. The molecule has 0 aliphatic heterocycles. The maximum Gasteiger partial charge on any atom is 0.311 e. The highest BCUT2D eigenvalue weighted by Gasteiger charge is 2.20. The van der Waals surface area contributed by atoms with E-state index in [1.807, 2.05) is 0 Å². The third kappa shape index (κ3) is 4.01. The Morgan fingerprint density at radius 3 is 2.57 bits per heavy atom. The Hall–Kier alpha value is -3.68. The lowest BCUT2D eigenvalue weighted by molar-refractivity contribution is -0.139. The molecule has 0 bridgehead atoms. The molecule has 0 spiro atoms. The molecule has 0 saturated carbocycles. The number of ether oxygens (including phenoxy) is 2. The van der Waals surface area contributed by atoms with E-state index in [1.54, 1.807) is 62.8 Å². The molecule has 28 heavy (non-hydrogen) atoms. The van der Waals surface area contributed by atoms with Crippen LogP contribution in [0.25, 0.3) is 5.69 Å². The van der Waals surface area contributed by atoms with E-state index in [9.17, 15) is 9.59 Å². The van der Waals surface area contributed by atoms with E-state index in [2.05, 4.69) is 15.1 Å². The summed E-state index contributed by atoms with van der Waals surface area (Å²) in [5.41, 5.74) is 2.13. The smallest absolute Gasteiger partial charge is 0.311 e. The number of aliphatic imine (C=N–C) groups is 1. The average molecular weight is 380 g/mol. The third-order valence-electron chi connectivity index (χ3n) is 4.15. The van der Waals surface area contributed by atoms with Gasteiger partial charge in [-0.25, -0.2) is 4.68 Å². The van der Waals surface area contributed by atoms with Crippen LogP contribution >= 0.6 is 0 Å². The molecule has 2 aromatic heterocycles. The second-order valence-electron chi connectivity index (χ2n) is 5.97. The largest absolute Gasteiger partial charge is 0.497 e. The molecule has 8 nitrogen and oxygen atoms in total. The van der Waals surface area contributed by atoms with Crippen molar-refractivity contribution in [1.82, 2.24) is 14.8 Å².